The summed E-state index contributed by atoms with van der Waals surface area (Å²) in [6, 6.07) is 28.8. The SMILES string of the molecule is CCOc1ccc(-n2c(CNC(=O)COc3ccccc3)nnc2SCC(=O)N2N=C(c3cccs3)C[C@@H]2c2ccc(C)cc2)cc1. The lowest BCUT2D eigenvalue weighted by Crippen LogP contribution is -2.29. The molecule has 12 heteroatoms. The summed E-state index contributed by atoms with van der Waals surface area (Å²) < 4.78 is 13.0. The number of thioether (sulfide) groups is 1. The summed E-state index contributed by atoms with van der Waals surface area (Å²) in [5, 5.41) is 20.6. The molecule has 1 aliphatic rings. The quantitative estimate of drug-likeness (QED) is 0.149. The van der Waals surface area contributed by atoms with Crippen molar-refractivity contribution in [3.63, 3.8) is 0 Å². The number of nitrogens with zero attached hydrogens (tertiary/aromatic N) is 5. The Labute approximate surface area is 281 Å². The molecule has 3 heterocycles. The molecule has 5 aromatic rings. The van der Waals surface area contributed by atoms with Crippen LogP contribution in [0.25, 0.3) is 5.69 Å². The first-order valence-electron chi connectivity index (χ1n) is 15.2. The molecule has 240 valence electrons. The molecule has 47 heavy (non-hydrogen) atoms. The number of hydrogen-bond acceptors (Lipinski definition) is 9. The molecule has 0 radical (unpaired) electrons. The molecule has 0 saturated heterocycles. The number of para-hydroxylation sites is 1. The number of benzene rings is 3. The van der Waals surface area contributed by atoms with Gasteiger partial charge < -0.3 is 14.8 Å². The minimum Gasteiger partial charge on any atom is -0.494 e. The number of thiophene rings is 1. The zero-order valence-electron chi connectivity index (χ0n) is 26.0. The number of carbonyl (C=O) groups excluding carboxylic acids is 2. The van der Waals surface area contributed by atoms with Crippen LogP contribution in [-0.2, 0) is 16.1 Å². The molecule has 0 fully saturated rings. The fraction of sp³-hybridized carbons (Fsp3) is 0.229. The predicted octanol–water partition coefficient (Wildman–Crippen LogP) is 6.20. The standard InChI is InChI=1S/C35H34N6O4S2/c1-3-44-28-17-15-26(16-18-28)40-32(21-36-33(42)22-45-27-8-5-4-6-9-27)37-38-35(40)47-23-34(43)41-30(25-13-11-24(2)12-14-25)20-29(39-41)31-10-7-19-46-31/h4-19,30H,3,20-23H2,1-2H3,(H,36,42)/t30-/m1/s1. The highest BCUT2D eigenvalue weighted by Crippen LogP contribution is 2.35. The summed E-state index contributed by atoms with van der Waals surface area (Å²) in [6.07, 6.45) is 0.639. The molecular weight excluding hydrogens is 633 g/mol. The van der Waals surface area contributed by atoms with Crippen molar-refractivity contribution in [1.29, 1.82) is 0 Å². The van der Waals surface area contributed by atoms with Crippen LogP contribution in [0, 0.1) is 6.92 Å². The second kappa shape index (κ2) is 15.1. The normalized spacial score (nSPS) is 14.1. The maximum atomic E-state index is 13.8. The monoisotopic (exact) mass is 666 g/mol. The number of nitrogens with one attached hydrogen (secondary N) is 1. The van der Waals surface area contributed by atoms with Crippen molar-refractivity contribution in [3.05, 3.63) is 118 Å². The molecule has 3 aromatic carbocycles. The number of hydrazone groups is 1. The molecule has 2 amide bonds. The average molecular weight is 667 g/mol. The van der Waals surface area contributed by atoms with Crippen LogP contribution in [0.1, 0.15) is 41.2 Å². The van der Waals surface area contributed by atoms with E-state index < -0.39 is 0 Å². The van der Waals surface area contributed by atoms with Gasteiger partial charge in [-0.05, 0) is 67.3 Å². The Bertz CT molecular complexity index is 1820. The summed E-state index contributed by atoms with van der Waals surface area (Å²) in [5.74, 6) is 1.51. The van der Waals surface area contributed by atoms with Crippen molar-refractivity contribution < 1.29 is 19.1 Å². The van der Waals surface area contributed by atoms with Gasteiger partial charge in [-0.15, -0.1) is 21.5 Å². The van der Waals surface area contributed by atoms with Crippen molar-refractivity contribution in [2.45, 2.75) is 38.0 Å². The third kappa shape index (κ3) is 7.90. The Balaban J connectivity index is 1.20. The fourth-order valence-corrected chi connectivity index (χ4v) is 6.64. The minimum atomic E-state index is -0.296. The number of rotatable bonds is 13. The van der Waals surface area contributed by atoms with E-state index in [0.29, 0.717) is 29.8 Å². The number of aromatic nitrogens is 3. The minimum absolute atomic E-state index is 0.0933. The van der Waals surface area contributed by atoms with Gasteiger partial charge in [-0.3, -0.25) is 14.2 Å². The van der Waals surface area contributed by atoms with E-state index in [-0.39, 0.29) is 36.8 Å². The van der Waals surface area contributed by atoms with Gasteiger partial charge in [0.2, 0.25) is 0 Å². The van der Waals surface area contributed by atoms with Crippen LogP contribution in [-0.4, -0.2) is 56.3 Å². The molecule has 0 saturated carbocycles. The van der Waals surface area contributed by atoms with E-state index in [1.165, 1.54) is 11.8 Å². The topological polar surface area (TPSA) is 111 Å². The Hall–Kier alpha value is -4.94. The lowest BCUT2D eigenvalue weighted by Gasteiger charge is -2.22. The fourth-order valence-electron chi connectivity index (χ4n) is 5.09. The molecule has 10 nitrogen and oxygen atoms in total. The van der Waals surface area contributed by atoms with Gasteiger partial charge in [0.1, 0.15) is 11.5 Å². The van der Waals surface area contributed by atoms with Crippen LogP contribution >= 0.6 is 23.1 Å². The highest BCUT2D eigenvalue weighted by molar-refractivity contribution is 7.99. The summed E-state index contributed by atoms with van der Waals surface area (Å²) in [4.78, 5) is 27.5. The van der Waals surface area contributed by atoms with Crippen LogP contribution in [0.3, 0.4) is 0 Å². The van der Waals surface area contributed by atoms with Crippen molar-refractivity contribution in [3.8, 4) is 17.2 Å². The van der Waals surface area contributed by atoms with E-state index in [1.807, 2.05) is 78.4 Å². The summed E-state index contributed by atoms with van der Waals surface area (Å²) in [5.41, 5.74) is 3.87. The van der Waals surface area contributed by atoms with E-state index in [1.54, 1.807) is 28.5 Å². The second-order valence-corrected chi connectivity index (χ2v) is 12.6. The van der Waals surface area contributed by atoms with E-state index in [9.17, 15) is 9.59 Å². The van der Waals surface area contributed by atoms with Gasteiger partial charge in [0.15, 0.2) is 17.6 Å². The van der Waals surface area contributed by atoms with Gasteiger partial charge in [-0.25, -0.2) is 5.01 Å². The smallest absolute Gasteiger partial charge is 0.258 e. The number of hydrogen-bond donors (Lipinski definition) is 1. The third-order valence-electron chi connectivity index (χ3n) is 7.42. The second-order valence-electron chi connectivity index (χ2n) is 10.7. The van der Waals surface area contributed by atoms with Gasteiger partial charge in [0.05, 0.1) is 35.5 Å². The number of carbonyl (C=O) groups is 2. The van der Waals surface area contributed by atoms with Crippen molar-refractivity contribution in [2.24, 2.45) is 5.10 Å². The molecule has 0 bridgehead atoms. The van der Waals surface area contributed by atoms with Crippen molar-refractivity contribution in [2.75, 3.05) is 19.0 Å². The Morgan fingerprint density at radius 2 is 1.70 bits per heavy atom. The third-order valence-corrected chi connectivity index (χ3v) is 9.25. The zero-order chi connectivity index (χ0) is 32.6. The predicted molar refractivity (Wildman–Crippen MR) is 183 cm³/mol. The number of ether oxygens (including phenoxy) is 2. The van der Waals surface area contributed by atoms with E-state index in [0.717, 1.165) is 33.2 Å². The van der Waals surface area contributed by atoms with Crippen LogP contribution in [0.2, 0.25) is 0 Å². The van der Waals surface area contributed by atoms with Crippen LogP contribution in [0.5, 0.6) is 11.5 Å². The summed E-state index contributed by atoms with van der Waals surface area (Å²) in [7, 11) is 0. The molecule has 2 aromatic heterocycles. The van der Waals surface area contributed by atoms with Crippen LogP contribution in [0.15, 0.2) is 107 Å². The lowest BCUT2D eigenvalue weighted by molar-refractivity contribution is -0.130. The zero-order valence-corrected chi connectivity index (χ0v) is 27.7. The molecular formula is C35H34N6O4S2. The van der Waals surface area contributed by atoms with Crippen molar-refractivity contribution >= 4 is 40.6 Å². The summed E-state index contributed by atoms with van der Waals surface area (Å²) >= 11 is 2.89. The van der Waals surface area contributed by atoms with Gasteiger partial charge in [-0.1, -0.05) is 65.9 Å². The maximum absolute atomic E-state index is 13.8. The number of aryl methyl sites for hydroxylation is 1. The highest BCUT2D eigenvalue weighted by atomic mass is 32.2. The first kappa shape index (κ1) is 32.0. The molecule has 0 unspecified atom stereocenters. The first-order valence-corrected chi connectivity index (χ1v) is 17.1. The van der Waals surface area contributed by atoms with Gasteiger partial charge in [-0.2, -0.15) is 5.10 Å². The molecule has 1 N–H and O–H groups in total. The Morgan fingerprint density at radius 3 is 2.43 bits per heavy atom. The van der Waals surface area contributed by atoms with Crippen LogP contribution in [0.4, 0.5) is 0 Å². The largest absolute Gasteiger partial charge is 0.494 e. The van der Waals surface area contributed by atoms with E-state index in [4.69, 9.17) is 14.6 Å². The molecule has 0 aliphatic carbocycles. The van der Waals surface area contributed by atoms with E-state index in [2.05, 4.69) is 39.8 Å². The Morgan fingerprint density at radius 1 is 0.936 bits per heavy atom. The van der Waals surface area contributed by atoms with Gasteiger partial charge in [0, 0.05) is 12.1 Å². The molecule has 0 spiro atoms. The highest BCUT2D eigenvalue weighted by Gasteiger charge is 2.33. The van der Waals surface area contributed by atoms with E-state index >= 15 is 0 Å². The molecule has 1 atom stereocenters. The Kier molecular flexibility index (Phi) is 10.3. The van der Waals surface area contributed by atoms with Gasteiger partial charge in [0.25, 0.3) is 11.8 Å². The molecule has 1 aliphatic heterocycles. The lowest BCUT2D eigenvalue weighted by atomic mass is 10.00. The number of amides is 2. The first-order chi connectivity index (χ1) is 23.0. The summed E-state index contributed by atoms with van der Waals surface area (Å²) in [6.45, 7) is 4.50. The molecule has 6 rings (SSSR count). The van der Waals surface area contributed by atoms with Crippen LogP contribution < -0.4 is 14.8 Å². The average Bonchev–Trinajstić information content (AvgIpc) is 3.87. The van der Waals surface area contributed by atoms with Crippen molar-refractivity contribution in [1.82, 2.24) is 25.1 Å². The van der Waals surface area contributed by atoms with Gasteiger partial charge >= 0.3 is 0 Å². The maximum Gasteiger partial charge on any atom is 0.258 e.